The van der Waals surface area contributed by atoms with Crippen molar-refractivity contribution in [2.24, 2.45) is 11.7 Å². The molecule has 26 heavy (non-hydrogen) atoms. The molecule has 2 aliphatic rings. The van der Waals surface area contributed by atoms with Crippen molar-refractivity contribution in [2.75, 3.05) is 26.2 Å². The summed E-state index contributed by atoms with van der Waals surface area (Å²) in [5.41, 5.74) is 5.42. The molecule has 1 amide bonds. The first-order valence-corrected chi connectivity index (χ1v) is 10.0. The maximum absolute atomic E-state index is 12.8. The number of hydrogen-bond acceptors (Lipinski definition) is 6. The predicted molar refractivity (Wildman–Crippen MR) is 93.8 cm³/mol. The molecule has 1 saturated carbocycles. The SMILES string of the molecule is NC1CCC(C(=O)N2CCN(S(=O)(=O)c3ccccc3[N+](=O)[O-])CC2)C1. The van der Waals surface area contributed by atoms with Gasteiger partial charge < -0.3 is 10.6 Å². The van der Waals surface area contributed by atoms with Gasteiger partial charge in [0.15, 0.2) is 4.90 Å². The summed E-state index contributed by atoms with van der Waals surface area (Å²) in [6, 6.07) is 5.37. The topological polar surface area (TPSA) is 127 Å². The highest BCUT2D eigenvalue weighted by Crippen LogP contribution is 2.29. The van der Waals surface area contributed by atoms with Crippen LogP contribution >= 0.6 is 0 Å². The van der Waals surface area contributed by atoms with Crippen LogP contribution in [0, 0.1) is 16.0 Å². The minimum atomic E-state index is -3.98. The Labute approximate surface area is 152 Å². The highest BCUT2D eigenvalue weighted by Gasteiger charge is 2.37. The molecule has 10 heteroatoms. The highest BCUT2D eigenvalue weighted by molar-refractivity contribution is 7.89. The van der Waals surface area contributed by atoms with Crippen LogP contribution in [0.15, 0.2) is 29.2 Å². The molecule has 2 N–H and O–H groups in total. The minimum Gasteiger partial charge on any atom is -0.340 e. The molecule has 1 aliphatic carbocycles. The number of carbonyl (C=O) groups is 1. The molecule has 1 aliphatic heterocycles. The van der Waals surface area contributed by atoms with E-state index in [9.17, 15) is 23.3 Å². The number of nitrogens with zero attached hydrogens (tertiary/aromatic N) is 3. The Bertz CT molecular complexity index is 805. The number of piperazine rings is 1. The zero-order chi connectivity index (χ0) is 18.9. The number of sulfonamides is 1. The van der Waals surface area contributed by atoms with Gasteiger partial charge in [0.25, 0.3) is 5.69 Å². The van der Waals surface area contributed by atoms with Gasteiger partial charge in [-0.2, -0.15) is 4.31 Å². The van der Waals surface area contributed by atoms with Crippen LogP contribution in [0.2, 0.25) is 0 Å². The van der Waals surface area contributed by atoms with Crippen LogP contribution in [0.1, 0.15) is 19.3 Å². The number of hydrogen-bond donors (Lipinski definition) is 1. The molecule has 1 saturated heterocycles. The van der Waals surface area contributed by atoms with Gasteiger partial charge in [-0.1, -0.05) is 12.1 Å². The fourth-order valence-corrected chi connectivity index (χ4v) is 5.19. The molecule has 0 radical (unpaired) electrons. The summed E-state index contributed by atoms with van der Waals surface area (Å²) in [5, 5.41) is 11.1. The zero-order valence-electron chi connectivity index (χ0n) is 14.3. The van der Waals surface area contributed by atoms with Gasteiger partial charge in [0, 0.05) is 44.2 Å². The van der Waals surface area contributed by atoms with Gasteiger partial charge in [0.1, 0.15) is 0 Å². The highest BCUT2D eigenvalue weighted by atomic mass is 32.2. The van der Waals surface area contributed by atoms with E-state index in [0.29, 0.717) is 6.42 Å². The number of amides is 1. The summed E-state index contributed by atoms with van der Waals surface area (Å²) in [4.78, 5) is 24.3. The maximum Gasteiger partial charge on any atom is 0.289 e. The Balaban J connectivity index is 1.70. The second-order valence-electron chi connectivity index (χ2n) is 6.72. The normalized spacial score (nSPS) is 24.6. The fourth-order valence-electron chi connectivity index (χ4n) is 3.61. The van der Waals surface area contributed by atoms with Crippen molar-refractivity contribution >= 4 is 21.6 Å². The first-order chi connectivity index (χ1) is 12.3. The summed E-state index contributed by atoms with van der Waals surface area (Å²) in [7, 11) is -3.98. The van der Waals surface area contributed by atoms with E-state index in [0.717, 1.165) is 12.8 Å². The number of carbonyl (C=O) groups excluding carboxylic acids is 1. The molecule has 0 bridgehead atoms. The van der Waals surface area contributed by atoms with Gasteiger partial charge in [0.2, 0.25) is 15.9 Å². The number of nitrogens with two attached hydrogens (primary N) is 1. The molecular formula is C16H22N4O5S. The number of para-hydroxylation sites is 1. The van der Waals surface area contributed by atoms with Gasteiger partial charge in [-0.15, -0.1) is 0 Å². The summed E-state index contributed by atoms with van der Waals surface area (Å²) >= 11 is 0. The molecule has 0 spiro atoms. The van der Waals surface area contributed by atoms with Crippen molar-refractivity contribution in [1.82, 2.24) is 9.21 Å². The quantitative estimate of drug-likeness (QED) is 0.599. The van der Waals surface area contributed by atoms with Gasteiger partial charge in [-0.3, -0.25) is 14.9 Å². The molecule has 2 unspecified atom stereocenters. The van der Waals surface area contributed by atoms with Crippen LogP contribution in [0.3, 0.4) is 0 Å². The molecule has 0 aromatic heterocycles. The third kappa shape index (κ3) is 3.57. The van der Waals surface area contributed by atoms with E-state index in [4.69, 9.17) is 5.73 Å². The van der Waals surface area contributed by atoms with Crippen molar-refractivity contribution in [3.63, 3.8) is 0 Å². The number of rotatable bonds is 4. The van der Waals surface area contributed by atoms with E-state index in [-0.39, 0.29) is 48.9 Å². The average molecular weight is 382 g/mol. The zero-order valence-corrected chi connectivity index (χ0v) is 15.1. The Morgan fingerprint density at radius 2 is 1.81 bits per heavy atom. The van der Waals surface area contributed by atoms with E-state index in [1.54, 1.807) is 4.90 Å². The fraction of sp³-hybridized carbons (Fsp3) is 0.562. The van der Waals surface area contributed by atoms with Gasteiger partial charge in [0.05, 0.1) is 4.92 Å². The van der Waals surface area contributed by atoms with E-state index in [2.05, 4.69) is 0 Å². The lowest BCUT2D eigenvalue weighted by atomic mass is 10.1. The largest absolute Gasteiger partial charge is 0.340 e. The van der Waals surface area contributed by atoms with Crippen LogP contribution in [0.25, 0.3) is 0 Å². The number of nitro benzene ring substituents is 1. The summed E-state index contributed by atoms with van der Waals surface area (Å²) in [6.45, 7) is 0.812. The standard InChI is InChI=1S/C16H22N4O5S/c17-13-6-5-12(11-13)16(21)18-7-9-19(10-8-18)26(24,25)15-4-2-1-3-14(15)20(22)23/h1-4,12-13H,5-11,17H2. The Kier molecular flexibility index (Phi) is 5.26. The average Bonchev–Trinajstić information content (AvgIpc) is 3.07. The lowest BCUT2D eigenvalue weighted by Crippen LogP contribution is -2.51. The Hall–Kier alpha value is -2.04. The molecule has 3 rings (SSSR count). The first kappa shape index (κ1) is 18.7. The minimum absolute atomic E-state index is 0.0284. The van der Waals surface area contributed by atoms with Crippen LogP contribution in [-0.4, -0.2) is 60.7 Å². The molecule has 1 aromatic rings. The van der Waals surface area contributed by atoms with Gasteiger partial charge in [-0.25, -0.2) is 8.42 Å². The molecule has 1 aromatic carbocycles. The van der Waals surface area contributed by atoms with Gasteiger partial charge >= 0.3 is 0 Å². The second kappa shape index (κ2) is 7.29. The number of nitro groups is 1. The third-order valence-electron chi connectivity index (χ3n) is 5.05. The van der Waals surface area contributed by atoms with Crippen molar-refractivity contribution in [2.45, 2.75) is 30.2 Å². The Morgan fingerprint density at radius 1 is 1.15 bits per heavy atom. The predicted octanol–water partition coefficient (Wildman–Crippen LogP) is 0.555. The third-order valence-corrected chi connectivity index (χ3v) is 7.00. The van der Waals surface area contributed by atoms with Crippen molar-refractivity contribution in [1.29, 1.82) is 0 Å². The van der Waals surface area contributed by atoms with Gasteiger partial charge in [-0.05, 0) is 25.3 Å². The van der Waals surface area contributed by atoms with Crippen LogP contribution in [-0.2, 0) is 14.8 Å². The van der Waals surface area contributed by atoms with Crippen molar-refractivity contribution in [3.8, 4) is 0 Å². The summed E-state index contributed by atoms with van der Waals surface area (Å²) in [5.74, 6) is -0.0518. The molecule has 142 valence electrons. The number of benzene rings is 1. The Morgan fingerprint density at radius 3 is 2.38 bits per heavy atom. The second-order valence-corrected chi connectivity index (χ2v) is 8.63. The van der Waals surface area contributed by atoms with E-state index < -0.39 is 20.6 Å². The maximum atomic E-state index is 12.8. The summed E-state index contributed by atoms with van der Waals surface area (Å²) in [6.07, 6.45) is 2.28. The summed E-state index contributed by atoms with van der Waals surface area (Å²) < 4.78 is 26.8. The smallest absolute Gasteiger partial charge is 0.289 e. The van der Waals surface area contributed by atoms with Crippen LogP contribution in [0.5, 0.6) is 0 Å². The lowest BCUT2D eigenvalue weighted by Gasteiger charge is -2.35. The van der Waals surface area contributed by atoms with E-state index >= 15 is 0 Å². The lowest BCUT2D eigenvalue weighted by molar-refractivity contribution is -0.387. The monoisotopic (exact) mass is 382 g/mol. The van der Waals surface area contributed by atoms with E-state index in [1.807, 2.05) is 0 Å². The van der Waals surface area contributed by atoms with Crippen LogP contribution in [0.4, 0.5) is 5.69 Å². The van der Waals surface area contributed by atoms with Crippen molar-refractivity contribution < 1.29 is 18.1 Å². The molecule has 2 atom stereocenters. The van der Waals surface area contributed by atoms with E-state index in [1.165, 1.54) is 28.6 Å². The molecule has 2 fully saturated rings. The molecule has 1 heterocycles. The van der Waals surface area contributed by atoms with Crippen LogP contribution < -0.4 is 5.73 Å². The molecular weight excluding hydrogens is 360 g/mol. The first-order valence-electron chi connectivity index (χ1n) is 8.58. The molecule has 9 nitrogen and oxygen atoms in total. The van der Waals surface area contributed by atoms with Crippen molar-refractivity contribution in [3.05, 3.63) is 34.4 Å².